The fraction of sp³-hybridized carbons (Fsp3) is 0.111. The SMILES string of the molecule is COc1cccc(C(=NO)C(=O)O)c1. The molecule has 0 atom stereocenters. The highest BCUT2D eigenvalue weighted by Crippen LogP contribution is 2.13. The van der Waals surface area contributed by atoms with E-state index in [9.17, 15) is 4.79 Å². The van der Waals surface area contributed by atoms with Crippen LogP contribution in [0.2, 0.25) is 0 Å². The summed E-state index contributed by atoms with van der Waals surface area (Å²) in [5, 5.41) is 19.8. The number of carboxylic acid groups (broad SMARTS) is 1. The van der Waals surface area contributed by atoms with Crippen LogP contribution in [0.15, 0.2) is 29.4 Å². The predicted octanol–water partition coefficient (Wildman–Crippen LogP) is 0.958. The van der Waals surface area contributed by atoms with Gasteiger partial charge in [-0.2, -0.15) is 0 Å². The van der Waals surface area contributed by atoms with E-state index in [1.54, 1.807) is 12.1 Å². The summed E-state index contributed by atoms with van der Waals surface area (Å²) in [6.45, 7) is 0. The van der Waals surface area contributed by atoms with Crippen molar-refractivity contribution in [2.24, 2.45) is 5.16 Å². The lowest BCUT2D eigenvalue weighted by Crippen LogP contribution is -2.14. The van der Waals surface area contributed by atoms with Crippen LogP contribution in [-0.2, 0) is 4.79 Å². The molecule has 0 aromatic heterocycles. The maximum absolute atomic E-state index is 10.6. The Morgan fingerprint density at radius 2 is 2.21 bits per heavy atom. The molecule has 0 aliphatic heterocycles. The summed E-state index contributed by atoms with van der Waals surface area (Å²) in [5.74, 6) is -0.786. The van der Waals surface area contributed by atoms with Crippen LogP contribution >= 0.6 is 0 Å². The molecule has 2 N–H and O–H groups in total. The van der Waals surface area contributed by atoms with Crippen LogP contribution in [-0.4, -0.2) is 29.1 Å². The van der Waals surface area contributed by atoms with E-state index < -0.39 is 11.7 Å². The topological polar surface area (TPSA) is 79.1 Å². The normalized spacial score (nSPS) is 11.1. The Morgan fingerprint density at radius 3 is 2.71 bits per heavy atom. The van der Waals surface area contributed by atoms with Gasteiger partial charge in [0.15, 0.2) is 5.71 Å². The summed E-state index contributed by atoms with van der Waals surface area (Å²) in [6, 6.07) is 6.28. The molecule has 74 valence electrons. The number of carbonyl (C=O) groups is 1. The predicted molar refractivity (Wildman–Crippen MR) is 49.0 cm³/mol. The van der Waals surface area contributed by atoms with Crippen LogP contribution < -0.4 is 4.74 Å². The van der Waals surface area contributed by atoms with Crippen molar-refractivity contribution < 1.29 is 19.8 Å². The molecule has 5 nitrogen and oxygen atoms in total. The molecule has 1 aromatic carbocycles. The first-order valence-corrected chi connectivity index (χ1v) is 3.79. The molecule has 1 rings (SSSR count). The Kier molecular flexibility index (Phi) is 3.06. The zero-order valence-corrected chi connectivity index (χ0v) is 7.47. The Balaban J connectivity index is 3.11. The number of hydrogen-bond donors (Lipinski definition) is 2. The largest absolute Gasteiger partial charge is 0.497 e. The molecule has 0 radical (unpaired) electrons. The minimum atomic E-state index is -1.29. The average molecular weight is 195 g/mol. The van der Waals surface area contributed by atoms with Crippen molar-refractivity contribution in [3.63, 3.8) is 0 Å². The molecular formula is C9H9NO4. The van der Waals surface area contributed by atoms with Gasteiger partial charge < -0.3 is 15.1 Å². The highest BCUT2D eigenvalue weighted by Gasteiger charge is 2.13. The number of ether oxygens (including phenoxy) is 1. The highest BCUT2D eigenvalue weighted by molar-refractivity contribution is 6.42. The second-order valence-corrected chi connectivity index (χ2v) is 2.49. The van der Waals surface area contributed by atoms with Crippen molar-refractivity contribution >= 4 is 11.7 Å². The van der Waals surface area contributed by atoms with Crippen molar-refractivity contribution in [3.8, 4) is 5.75 Å². The van der Waals surface area contributed by atoms with E-state index in [0.29, 0.717) is 11.3 Å². The van der Waals surface area contributed by atoms with E-state index in [1.807, 2.05) is 0 Å². The van der Waals surface area contributed by atoms with Gasteiger partial charge in [-0.25, -0.2) is 4.79 Å². The monoisotopic (exact) mass is 195 g/mol. The molecule has 0 heterocycles. The van der Waals surface area contributed by atoms with Crippen molar-refractivity contribution in [2.75, 3.05) is 7.11 Å². The fourth-order valence-corrected chi connectivity index (χ4v) is 0.994. The zero-order valence-electron chi connectivity index (χ0n) is 7.47. The minimum absolute atomic E-state index is 0.291. The molecule has 0 saturated carbocycles. The van der Waals surface area contributed by atoms with Crippen LogP contribution in [0.4, 0.5) is 0 Å². The third-order valence-electron chi connectivity index (χ3n) is 1.65. The maximum atomic E-state index is 10.6. The lowest BCUT2D eigenvalue weighted by Gasteiger charge is -2.02. The summed E-state index contributed by atoms with van der Waals surface area (Å²) in [7, 11) is 1.47. The van der Waals surface area contributed by atoms with Crippen LogP contribution in [0.25, 0.3) is 0 Å². The summed E-state index contributed by atoms with van der Waals surface area (Å²) in [6.07, 6.45) is 0. The molecule has 0 aliphatic carbocycles. The quantitative estimate of drug-likeness (QED) is 0.427. The first-order valence-electron chi connectivity index (χ1n) is 3.79. The summed E-state index contributed by atoms with van der Waals surface area (Å²) >= 11 is 0. The Morgan fingerprint density at radius 1 is 1.50 bits per heavy atom. The molecule has 0 unspecified atom stereocenters. The van der Waals surface area contributed by atoms with Gasteiger partial charge >= 0.3 is 5.97 Å². The molecule has 0 spiro atoms. The van der Waals surface area contributed by atoms with Gasteiger partial charge in [-0.1, -0.05) is 17.3 Å². The zero-order chi connectivity index (χ0) is 10.6. The number of hydrogen-bond acceptors (Lipinski definition) is 4. The molecule has 0 aliphatic rings. The van der Waals surface area contributed by atoms with Gasteiger partial charge in [0.2, 0.25) is 0 Å². The Labute approximate surface area is 80.2 Å². The first-order chi connectivity index (χ1) is 6.69. The molecular weight excluding hydrogens is 186 g/mol. The number of oxime groups is 1. The third kappa shape index (κ3) is 2.01. The number of methoxy groups -OCH3 is 1. The van der Waals surface area contributed by atoms with Gasteiger partial charge in [-0.05, 0) is 12.1 Å². The molecule has 1 aromatic rings. The van der Waals surface area contributed by atoms with Crippen molar-refractivity contribution in [3.05, 3.63) is 29.8 Å². The second kappa shape index (κ2) is 4.27. The van der Waals surface area contributed by atoms with Gasteiger partial charge in [0, 0.05) is 5.56 Å². The van der Waals surface area contributed by atoms with E-state index in [1.165, 1.54) is 19.2 Å². The molecule has 0 saturated heterocycles. The van der Waals surface area contributed by atoms with Crippen LogP contribution in [0.1, 0.15) is 5.56 Å². The Bertz CT molecular complexity index is 373. The number of rotatable bonds is 3. The first kappa shape index (κ1) is 10.0. The number of benzene rings is 1. The smallest absolute Gasteiger partial charge is 0.358 e. The van der Waals surface area contributed by atoms with E-state index in [0.717, 1.165) is 0 Å². The van der Waals surface area contributed by atoms with Crippen molar-refractivity contribution in [1.82, 2.24) is 0 Å². The number of nitrogens with zero attached hydrogens (tertiary/aromatic N) is 1. The molecule has 0 fully saturated rings. The van der Waals surface area contributed by atoms with E-state index in [-0.39, 0.29) is 0 Å². The van der Waals surface area contributed by atoms with Crippen LogP contribution in [0.5, 0.6) is 5.75 Å². The minimum Gasteiger partial charge on any atom is -0.497 e. The summed E-state index contributed by atoms with van der Waals surface area (Å²) in [5.41, 5.74) is -0.122. The summed E-state index contributed by atoms with van der Waals surface area (Å²) in [4.78, 5) is 10.6. The summed E-state index contributed by atoms with van der Waals surface area (Å²) < 4.78 is 4.90. The standard InChI is InChI=1S/C9H9NO4/c1-14-7-4-2-3-6(5-7)8(10-13)9(11)12/h2-5,13H,1H3,(H,11,12). The highest BCUT2D eigenvalue weighted by atomic mass is 16.5. The average Bonchev–Trinajstić information content (AvgIpc) is 2.19. The van der Waals surface area contributed by atoms with Gasteiger partial charge in [-0.15, -0.1) is 0 Å². The van der Waals surface area contributed by atoms with Crippen LogP contribution in [0.3, 0.4) is 0 Å². The molecule has 0 bridgehead atoms. The number of aliphatic carboxylic acids is 1. The van der Waals surface area contributed by atoms with Crippen molar-refractivity contribution in [2.45, 2.75) is 0 Å². The lowest BCUT2D eigenvalue weighted by molar-refractivity contribution is -0.129. The van der Waals surface area contributed by atoms with Gasteiger partial charge in [-0.3, -0.25) is 0 Å². The Hall–Kier alpha value is -2.04. The van der Waals surface area contributed by atoms with Crippen molar-refractivity contribution in [1.29, 1.82) is 0 Å². The van der Waals surface area contributed by atoms with Crippen LogP contribution in [0, 0.1) is 0 Å². The van der Waals surface area contributed by atoms with E-state index in [2.05, 4.69) is 5.16 Å². The third-order valence-corrected chi connectivity index (χ3v) is 1.65. The van der Waals surface area contributed by atoms with E-state index in [4.69, 9.17) is 15.1 Å². The molecule has 5 heteroatoms. The number of carboxylic acids is 1. The van der Waals surface area contributed by atoms with Gasteiger partial charge in [0.1, 0.15) is 5.75 Å². The maximum Gasteiger partial charge on any atom is 0.358 e. The molecule has 0 amide bonds. The fourth-order valence-electron chi connectivity index (χ4n) is 0.994. The second-order valence-electron chi connectivity index (χ2n) is 2.49. The van der Waals surface area contributed by atoms with Gasteiger partial charge in [0.05, 0.1) is 7.11 Å². The lowest BCUT2D eigenvalue weighted by atomic mass is 10.1. The van der Waals surface area contributed by atoms with Gasteiger partial charge in [0.25, 0.3) is 0 Å². The molecule has 14 heavy (non-hydrogen) atoms. The van der Waals surface area contributed by atoms with E-state index >= 15 is 0 Å².